The Hall–Kier alpha value is -1.02. The number of benzene rings is 1. The Morgan fingerprint density at radius 2 is 2.15 bits per heavy atom. The predicted molar refractivity (Wildman–Crippen MR) is 54.0 cm³/mol. The van der Waals surface area contributed by atoms with E-state index >= 15 is 0 Å². The number of anilines is 1. The van der Waals surface area contributed by atoms with Crippen molar-refractivity contribution in [1.82, 2.24) is 0 Å². The first kappa shape index (κ1) is 8.57. The molecule has 2 rings (SSSR count). The fraction of sp³-hybridized carbons (Fsp3) is 0.455. The van der Waals surface area contributed by atoms with E-state index in [-0.39, 0.29) is 0 Å². The Kier molecular flexibility index (Phi) is 2.50. The Bertz CT molecular complexity index is 279. The average molecular weight is 177 g/mol. The van der Waals surface area contributed by atoms with E-state index in [0.29, 0.717) is 0 Å². The lowest BCUT2D eigenvalue weighted by molar-refractivity contribution is 0.107. The molecule has 70 valence electrons. The third-order valence-corrected chi connectivity index (χ3v) is 2.42. The molecule has 0 atom stereocenters. The Morgan fingerprint density at radius 3 is 2.85 bits per heavy atom. The first-order valence-electron chi connectivity index (χ1n) is 4.76. The van der Waals surface area contributed by atoms with Crippen LogP contribution in [0, 0.1) is 6.92 Å². The molecule has 0 spiro atoms. The predicted octanol–water partition coefficient (Wildman–Crippen LogP) is 2.18. The first-order valence-corrected chi connectivity index (χ1v) is 4.76. The lowest BCUT2D eigenvalue weighted by Crippen LogP contribution is -2.33. The average Bonchev–Trinajstić information content (AvgIpc) is 2.20. The van der Waals surface area contributed by atoms with Gasteiger partial charge in [0.15, 0.2) is 0 Å². The summed E-state index contributed by atoms with van der Waals surface area (Å²) >= 11 is 0. The van der Waals surface area contributed by atoms with Crippen LogP contribution in [0.1, 0.15) is 12.0 Å². The van der Waals surface area contributed by atoms with E-state index in [1.165, 1.54) is 11.3 Å². The highest BCUT2D eigenvalue weighted by molar-refractivity contribution is 5.52. The molecule has 0 aliphatic carbocycles. The molecule has 0 bridgehead atoms. The molecule has 0 N–H and O–H groups in total. The quantitative estimate of drug-likeness (QED) is 0.652. The van der Waals surface area contributed by atoms with Crippen LogP contribution >= 0.6 is 0 Å². The van der Waals surface area contributed by atoms with E-state index < -0.39 is 0 Å². The SMILES string of the molecule is Cc1ccccc1N1CCCOC1. The normalized spacial score (nSPS) is 17.5. The zero-order valence-electron chi connectivity index (χ0n) is 7.99. The summed E-state index contributed by atoms with van der Waals surface area (Å²) in [6, 6.07) is 8.45. The van der Waals surface area contributed by atoms with Gasteiger partial charge in [0.05, 0.1) is 6.61 Å². The summed E-state index contributed by atoms with van der Waals surface area (Å²) in [6.07, 6.45) is 1.13. The molecule has 1 heterocycles. The van der Waals surface area contributed by atoms with Crippen LogP contribution in [0.2, 0.25) is 0 Å². The molecule has 1 aromatic rings. The van der Waals surface area contributed by atoms with Crippen LogP contribution in [0.15, 0.2) is 24.3 Å². The van der Waals surface area contributed by atoms with E-state index in [0.717, 1.165) is 26.3 Å². The second kappa shape index (κ2) is 3.79. The smallest absolute Gasteiger partial charge is 0.118 e. The van der Waals surface area contributed by atoms with Crippen molar-refractivity contribution in [2.45, 2.75) is 13.3 Å². The third-order valence-electron chi connectivity index (χ3n) is 2.42. The van der Waals surface area contributed by atoms with Crippen molar-refractivity contribution in [3.8, 4) is 0 Å². The molecule has 0 amide bonds. The van der Waals surface area contributed by atoms with Crippen molar-refractivity contribution in [1.29, 1.82) is 0 Å². The highest BCUT2D eigenvalue weighted by Crippen LogP contribution is 2.20. The van der Waals surface area contributed by atoms with Crippen LogP contribution in [-0.2, 0) is 4.74 Å². The van der Waals surface area contributed by atoms with Crippen molar-refractivity contribution in [3.05, 3.63) is 29.8 Å². The second-order valence-corrected chi connectivity index (χ2v) is 3.44. The molecule has 1 saturated heterocycles. The molecule has 0 aromatic heterocycles. The molecule has 0 radical (unpaired) electrons. The summed E-state index contributed by atoms with van der Waals surface area (Å²) in [5, 5.41) is 0. The largest absolute Gasteiger partial charge is 0.361 e. The van der Waals surface area contributed by atoms with Gasteiger partial charge in [-0.05, 0) is 25.0 Å². The van der Waals surface area contributed by atoms with Gasteiger partial charge in [-0.3, -0.25) is 0 Å². The van der Waals surface area contributed by atoms with Gasteiger partial charge in [0.25, 0.3) is 0 Å². The molecule has 0 saturated carbocycles. The number of nitrogens with zero attached hydrogens (tertiary/aromatic N) is 1. The maximum Gasteiger partial charge on any atom is 0.118 e. The van der Waals surface area contributed by atoms with Crippen LogP contribution < -0.4 is 4.90 Å². The van der Waals surface area contributed by atoms with Crippen LogP contribution in [0.4, 0.5) is 5.69 Å². The summed E-state index contributed by atoms with van der Waals surface area (Å²) in [7, 11) is 0. The lowest BCUT2D eigenvalue weighted by Gasteiger charge is -2.29. The molecular formula is C11H15NO. The van der Waals surface area contributed by atoms with Gasteiger partial charge >= 0.3 is 0 Å². The van der Waals surface area contributed by atoms with Crippen molar-refractivity contribution in [2.24, 2.45) is 0 Å². The number of hydrogen-bond donors (Lipinski definition) is 0. The standard InChI is InChI=1S/C11H15NO/c1-10-5-2-3-6-11(10)12-7-4-8-13-9-12/h2-3,5-6H,4,7-9H2,1H3. The van der Waals surface area contributed by atoms with Gasteiger partial charge in [0.1, 0.15) is 6.73 Å². The Balaban J connectivity index is 2.18. The summed E-state index contributed by atoms with van der Waals surface area (Å²) in [5.41, 5.74) is 2.63. The summed E-state index contributed by atoms with van der Waals surface area (Å²) in [5.74, 6) is 0. The topological polar surface area (TPSA) is 12.5 Å². The van der Waals surface area contributed by atoms with Gasteiger partial charge in [-0.1, -0.05) is 18.2 Å². The molecule has 1 aliphatic heterocycles. The van der Waals surface area contributed by atoms with Gasteiger partial charge in [0, 0.05) is 12.2 Å². The van der Waals surface area contributed by atoms with Gasteiger partial charge in [-0.15, -0.1) is 0 Å². The van der Waals surface area contributed by atoms with E-state index in [1.54, 1.807) is 0 Å². The minimum Gasteiger partial charge on any atom is -0.361 e. The Morgan fingerprint density at radius 1 is 1.31 bits per heavy atom. The number of para-hydroxylation sites is 1. The number of rotatable bonds is 1. The van der Waals surface area contributed by atoms with Gasteiger partial charge in [-0.2, -0.15) is 0 Å². The van der Waals surface area contributed by atoms with Crippen molar-refractivity contribution < 1.29 is 4.74 Å². The summed E-state index contributed by atoms with van der Waals surface area (Å²) in [4.78, 5) is 2.29. The summed E-state index contributed by atoms with van der Waals surface area (Å²) in [6.45, 7) is 4.90. The minimum absolute atomic E-state index is 0.741. The maximum absolute atomic E-state index is 5.42. The Labute approximate surface area is 79.1 Å². The molecule has 2 heteroatoms. The molecule has 13 heavy (non-hydrogen) atoms. The fourth-order valence-electron chi connectivity index (χ4n) is 1.70. The van der Waals surface area contributed by atoms with E-state index in [1.807, 2.05) is 0 Å². The fourth-order valence-corrected chi connectivity index (χ4v) is 1.70. The zero-order valence-corrected chi connectivity index (χ0v) is 7.99. The molecule has 1 aliphatic rings. The molecule has 1 aromatic carbocycles. The van der Waals surface area contributed by atoms with Gasteiger partial charge < -0.3 is 9.64 Å². The molecular weight excluding hydrogens is 162 g/mol. The van der Waals surface area contributed by atoms with Crippen LogP contribution in [0.25, 0.3) is 0 Å². The summed E-state index contributed by atoms with van der Waals surface area (Å²) < 4.78 is 5.42. The molecule has 0 unspecified atom stereocenters. The van der Waals surface area contributed by atoms with Crippen LogP contribution in [0.5, 0.6) is 0 Å². The van der Waals surface area contributed by atoms with Crippen molar-refractivity contribution in [2.75, 3.05) is 24.8 Å². The third kappa shape index (κ3) is 1.83. The highest BCUT2D eigenvalue weighted by atomic mass is 16.5. The van der Waals surface area contributed by atoms with Crippen LogP contribution in [0.3, 0.4) is 0 Å². The number of aryl methyl sites for hydroxylation is 1. The number of ether oxygens (including phenoxy) is 1. The number of hydrogen-bond acceptors (Lipinski definition) is 2. The first-order chi connectivity index (χ1) is 6.38. The highest BCUT2D eigenvalue weighted by Gasteiger charge is 2.11. The van der Waals surface area contributed by atoms with Gasteiger partial charge in [-0.25, -0.2) is 0 Å². The monoisotopic (exact) mass is 177 g/mol. The van der Waals surface area contributed by atoms with Crippen LogP contribution in [-0.4, -0.2) is 19.9 Å². The van der Waals surface area contributed by atoms with E-state index in [2.05, 4.69) is 36.1 Å². The van der Waals surface area contributed by atoms with E-state index in [9.17, 15) is 0 Å². The zero-order chi connectivity index (χ0) is 9.10. The minimum atomic E-state index is 0.741. The van der Waals surface area contributed by atoms with Gasteiger partial charge in [0.2, 0.25) is 0 Å². The van der Waals surface area contributed by atoms with Crippen molar-refractivity contribution >= 4 is 5.69 Å². The second-order valence-electron chi connectivity index (χ2n) is 3.44. The molecule has 1 fully saturated rings. The maximum atomic E-state index is 5.42. The lowest BCUT2D eigenvalue weighted by atomic mass is 10.2. The van der Waals surface area contributed by atoms with E-state index in [4.69, 9.17) is 4.74 Å². The van der Waals surface area contributed by atoms with Crippen molar-refractivity contribution in [3.63, 3.8) is 0 Å². The molecule has 2 nitrogen and oxygen atoms in total.